The molecule has 1 fully saturated rings. The highest BCUT2D eigenvalue weighted by Crippen LogP contribution is 2.17. The first kappa shape index (κ1) is 18.8. The van der Waals surface area contributed by atoms with Crippen molar-refractivity contribution in [3.05, 3.63) is 65.7 Å². The number of piperazine rings is 1. The first-order valence-electron chi connectivity index (χ1n) is 8.59. The Morgan fingerprint density at radius 1 is 1.00 bits per heavy atom. The number of hydrogen-bond donors (Lipinski definition) is 1. The number of anilines is 1. The van der Waals surface area contributed by atoms with E-state index in [1.54, 1.807) is 4.31 Å². The molecule has 0 aliphatic carbocycles. The van der Waals surface area contributed by atoms with E-state index in [1.807, 2.05) is 66.4 Å². The zero-order chi connectivity index (χ0) is 18.6. The summed E-state index contributed by atoms with van der Waals surface area (Å²) in [6, 6.07) is 17.3. The van der Waals surface area contributed by atoms with Crippen molar-refractivity contribution >= 4 is 33.0 Å². The van der Waals surface area contributed by atoms with Crippen LogP contribution in [0.25, 0.3) is 0 Å². The Bertz CT molecular complexity index is 861. The normalized spacial score (nSPS) is 15.7. The van der Waals surface area contributed by atoms with Gasteiger partial charge in [0.25, 0.3) is 0 Å². The summed E-state index contributed by atoms with van der Waals surface area (Å²) in [7, 11) is -3.31. The van der Waals surface area contributed by atoms with Gasteiger partial charge in [-0.15, -0.1) is 0 Å². The molecule has 2 aromatic carbocycles. The summed E-state index contributed by atoms with van der Waals surface area (Å²) in [6.07, 6.45) is 0. The third-order valence-electron chi connectivity index (χ3n) is 4.50. The van der Waals surface area contributed by atoms with Crippen molar-refractivity contribution in [2.45, 2.75) is 12.7 Å². The molecule has 1 saturated heterocycles. The molecule has 0 bridgehead atoms. The molecule has 0 spiro atoms. The number of nitrogens with one attached hydrogen (secondary N) is 1. The van der Waals surface area contributed by atoms with Crippen LogP contribution in [0.4, 0.5) is 5.69 Å². The standard InChI is InChI=1S/C19H23N3O2S2/c1-16-7-5-6-10-18(16)20-19(25)21-11-13-22(14-12-21)26(23,24)15-17-8-3-2-4-9-17/h2-10H,11-15H2,1H3,(H,20,25). The second-order valence-corrected chi connectivity index (χ2v) is 8.73. The maximum Gasteiger partial charge on any atom is 0.218 e. The average Bonchev–Trinajstić information content (AvgIpc) is 2.64. The van der Waals surface area contributed by atoms with Gasteiger partial charge >= 0.3 is 0 Å². The highest BCUT2D eigenvalue weighted by atomic mass is 32.2. The van der Waals surface area contributed by atoms with Crippen LogP contribution in [0, 0.1) is 6.92 Å². The minimum atomic E-state index is -3.31. The van der Waals surface area contributed by atoms with Gasteiger partial charge in [0.1, 0.15) is 0 Å². The van der Waals surface area contributed by atoms with Crippen molar-refractivity contribution in [3.8, 4) is 0 Å². The Kier molecular flexibility index (Phi) is 5.90. The van der Waals surface area contributed by atoms with Crippen molar-refractivity contribution in [1.29, 1.82) is 0 Å². The van der Waals surface area contributed by atoms with Gasteiger partial charge in [-0.2, -0.15) is 4.31 Å². The Morgan fingerprint density at radius 3 is 2.27 bits per heavy atom. The smallest absolute Gasteiger partial charge is 0.218 e. The molecule has 0 aromatic heterocycles. The van der Waals surface area contributed by atoms with Crippen molar-refractivity contribution in [2.75, 3.05) is 31.5 Å². The van der Waals surface area contributed by atoms with Crippen LogP contribution in [-0.2, 0) is 15.8 Å². The first-order valence-corrected chi connectivity index (χ1v) is 10.6. The van der Waals surface area contributed by atoms with Crippen LogP contribution in [0.2, 0.25) is 0 Å². The molecule has 0 radical (unpaired) electrons. The molecule has 1 heterocycles. The van der Waals surface area contributed by atoms with Crippen molar-refractivity contribution in [3.63, 3.8) is 0 Å². The lowest BCUT2D eigenvalue weighted by molar-refractivity contribution is 0.268. The lowest BCUT2D eigenvalue weighted by Crippen LogP contribution is -2.51. The molecule has 7 heteroatoms. The molecule has 138 valence electrons. The predicted octanol–water partition coefficient (Wildman–Crippen LogP) is 2.84. The topological polar surface area (TPSA) is 52.6 Å². The Morgan fingerprint density at radius 2 is 1.62 bits per heavy atom. The summed E-state index contributed by atoms with van der Waals surface area (Å²) in [5, 5.41) is 3.90. The number of sulfonamides is 1. The number of thiocarbonyl (C=S) groups is 1. The van der Waals surface area contributed by atoms with Crippen LogP contribution < -0.4 is 5.32 Å². The van der Waals surface area contributed by atoms with Gasteiger partial charge in [0, 0.05) is 31.9 Å². The number of nitrogens with zero attached hydrogens (tertiary/aromatic N) is 2. The van der Waals surface area contributed by atoms with Gasteiger partial charge in [-0.3, -0.25) is 0 Å². The summed E-state index contributed by atoms with van der Waals surface area (Å²) in [5.41, 5.74) is 2.92. The lowest BCUT2D eigenvalue weighted by atomic mass is 10.2. The van der Waals surface area contributed by atoms with E-state index in [-0.39, 0.29) is 5.75 Å². The Hall–Kier alpha value is -1.96. The van der Waals surface area contributed by atoms with E-state index in [1.165, 1.54) is 0 Å². The van der Waals surface area contributed by atoms with Crippen molar-refractivity contribution in [1.82, 2.24) is 9.21 Å². The first-order chi connectivity index (χ1) is 12.5. The van der Waals surface area contributed by atoms with E-state index in [9.17, 15) is 8.42 Å². The van der Waals surface area contributed by atoms with Gasteiger partial charge < -0.3 is 10.2 Å². The molecule has 1 aliphatic heterocycles. The van der Waals surface area contributed by atoms with E-state index in [4.69, 9.17) is 12.2 Å². The van der Waals surface area contributed by atoms with Crippen LogP contribution in [0.15, 0.2) is 54.6 Å². The van der Waals surface area contributed by atoms with E-state index in [0.29, 0.717) is 31.3 Å². The van der Waals surface area contributed by atoms with Crippen molar-refractivity contribution in [2.24, 2.45) is 0 Å². The molecular weight excluding hydrogens is 366 g/mol. The number of para-hydroxylation sites is 1. The fraction of sp³-hybridized carbons (Fsp3) is 0.316. The van der Waals surface area contributed by atoms with Crippen LogP contribution in [-0.4, -0.2) is 48.9 Å². The van der Waals surface area contributed by atoms with Gasteiger partial charge in [-0.1, -0.05) is 48.5 Å². The molecule has 5 nitrogen and oxygen atoms in total. The highest BCUT2D eigenvalue weighted by molar-refractivity contribution is 7.88. The second kappa shape index (κ2) is 8.16. The molecule has 0 saturated carbocycles. The van der Waals surface area contributed by atoms with Crippen molar-refractivity contribution < 1.29 is 8.42 Å². The van der Waals surface area contributed by atoms with E-state index < -0.39 is 10.0 Å². The molecule has 1 N–H and O–H groups in total. The largest absolute Gasteiger partial charge is 0.346 e. The van der Waals surface area contributed by atoms with Gasteiger partial charge in [-0.25, -0.2) is 8.42 Å². The maximum atomic E-state index is 12.6. The minimum Gasteiger partial charge on any atom is -0.346 e. The summed E-state index contributed by atoms with van der Waals surface area (Å²) in [4.78, 5) is 2.02. The number of benzene rings is 2. The SMILES string of the molecule is Cc1ccccc1NC(=S)N1CCN(S(=O)(=O)Cc2ccccc2)CC1. The van der Waals surface area contributed by atoms with E-state index >= 15 is 0 Å². The summed E-state index contributed by atoms with van der Waals surface area (Å²) < 4.78 is 26.8. The summed E-state index contributed by atoms with van der Waals surface area (Å²) >= 11 is 5.50. The van der Waals surface area contributed by atoms with Gasteiger partial charge in [0.05, 0.1) is 5.75 Å². The molecule has 26 heavy (non-hydrogen) atoms. The third-order valence-corrected chi connectivity index (χ3v) is 6.71. The molecule has 3 rings (SSSR count). The van der Waals surface area contributed by atoms with Crippen LogP contribution >= 0.6 is 12.2 Å². The second-order valence-electron chi connectivity index (χ2n) is 6.37. The maximum absolute atomic E-state index is 12.6. The Balaban J connectivity index is 1.57. The molecular formula is C19H23N3O2S2. The fourth-order valence-corrected chi connectivity index (χ4v) is 4.76. The van der Waals surface area contributed by atoms with Gasteiger partial charge in [-0.05, 0) is 36.3 Å². The third kappa shape index (κ3) is 4.60. The molecule has 0 amide bonds. The fourth-order valence-electron chi connectivity index (χ4n) is 2.95. The number of aryl methyl sites for hydroxylation is 1. The molecule has 0 unspecified atom stereocenters. The van der Waals surface area contributed by atoms with Gasteiger partial charge in [0.15, 0.2) is 5.11 Å². The minimum absolute atomic E-state index is 0.0414. The Labute approximate surface area is 160 Å². The van der Waals surface area contributed by atoms with Gasteiger partial charge in [0.2, 0.25) is 10.0 Å². The lowest BCUT2D eigenvalue weighted by Gasteiger charge is -2.35. The zero-order valence-electron chi connectivity index (χ0n) is 14.8. The van der Waals surface area contributed by atoms with Crippen LogP contribution in [0.3, 0.4) is 0 Å². The molecule has 0 atom stereocenters. The molecule has 2 aromatic rings. The summed E-state index contributed by atoms with van der Waals surface area (Å²) in [6.45, 7) is 4.10. The number of hydrogen-bond acceptors (Lipinski definition) is 3. The summed E-state index contributed by atoms with van der Waals surface area (Å²) in [5.74, 6) is 0.0414. The van der Waals surface area contributed by atoms with E-state index in [0.717, 1.165) is 16.8 Å². The van der Waals surface area contributed by atoms with Crippen LogP contribution in [0.1, 0.15) is 11.1 Å². The zero-order valence-corrected chi connectivity index (χ0v) is 16.4. The quantitative estimate of drug-likeness (QED) is 0.815. The molecule has 1 aliphatic rings. The number of rotatable bonds is 4. The highest BCUT2D eigenvalue weighted by Gasteiger charge is 2.28. The van der Waals surface area contributed by atoms with E-state index in [2.05, 4.69) is 5.32 Å². The van der Waals surface area contributed by atoms with Crippen LogP contribution in [0.5, 0.6) is 0 Å². The predicted molar refractivity (Wildman–Crippen MR) is 110 cm³/mol. The monoisotopic (exact) mass is 389 g/mol. The average molecular weight is 390 g/mol.